The van der Waals surface area contributed by atoms with Crippen LogP contribution in [0.4, 0.5) is 0 Å². The molecule has 1 aliphatic rings. The number of H-pyrrole nitrogens is 1. The molecule has 2 heterocycles. The number of aromatic amines is 1. The first-order valence-corrected chi connectivity index (χ1v) is 8.84. The average molecular weight is 347 g/mol. The number of Topliss-reactive ketones (excluding diaryl/α,β-unsaturated/α-hetero) is 1. The summed E-state index contributed by atoms with van der Waals surface area (Å²) in [6.07, 6.45) is 3.83. The molecule has 0 atom stereocenters. The van der Waals surface area contributed by atoms with Crippen LogP contribution in [0.2, 0.25) is 0 Å². The summed E-state index contributed by atoms with van der Waals surface area (Å²) >= 11 is 0. The zero-order valence-electron chi connectivity index (χ0n) is 14.9. The molecular weight excluding hydrogens is 326 g/mol. The van der Waals surface area contributed by atoms with Crippen LogP contribution in [0.1, 0.15) is 51.9 Å². The topological polar surface area (TPSA) is 74.8 Å². The van der Waals surface area contributed by atoms with E-state index in [1.807, 2.05) is 30.3 Å². The van der Waals surface area contributed by atoms with Crippen LogP contribution in [0.5, 0.6) is 0 Å². The van der Waals surface area contributed by atoms with Crippen molar-refractivity contribution in [1.82, 2.24) is 15.3 Å². The number of hydrogen-bond acceptors (Lipinski definition) is 3. The first-order chi connectivity index (χ1) is 12.5. The normalized spacial score (nSPS) is 15.0. The minimum Gasteiger partial charge on any atom is -0.351 e. The molecule has 1 fully saturated rings. The van der Waals surface area contributed by atoms with Crippen molar-refractivity contribution in [2.45, 2.75) is 32.1 Å². The molecule has 2 aromatic heterocycles. The molecule has 5 heteroatoms. The highest BCUT2D eigenvalue weighted by Gasteiger charge is 2.46. The van der Waals surface area contributed by atoms with Crippen molar-refractivity contribution in [3.63, 3.8) is 0 Å². The molecule has 5 nitrogen and oxygen atoms in total. The average Bonchev–Trinajstić information content (AvgIpc) is 3.31. The van der Waals surface area contributed by atoms with Crippen LogP contribution in [0, 0.1) is 6.92 Å². The van der Waals surface area contributed by atoms with Gasteiger partial charge in [-0.2, -0.15) is 0 Å². The fraction of sp³-hybridized carbons (Fsp3) is 0.286. The van der Waals surface area contributed by atoms with E-state index in [-0.39, 0.29) is 17.1 Å². The number of nitrogens with zero attached hydrogens (tertiary/aromatic N) is 1. The molecule has 26 heavy (non-hydrogen) atoms. The summed E-state index contributed by atoms with van der Waals surface area (Å²) < 4.78 is 0. The van der Waals surface area contributed by atoms with Crippen LogP contribution < -0.4 is 5.32 Å². The first-order valence-electron chi connectivity index (χ1n) is 8.84. The molecule has 1 aromatic carbocycles. The lowest BCUT2D eigenvalue weighted by molar-refractivity contribution is 0.0936. The van der Waals surface area contributed by atoms with E-state index >= 15 is 0 Å². The Morgan fingerprint density at radius 1 is 1.19 bits per heavy atom. The van der Waals surface area contributed by atoms with Crippen LogP contribution in [0.25, 0.3) is 10.9 Å². The number of pyridine rings is 1. The van der Waals surface area contributed by atoms with E-state index in [1.165, 1.54) is 6.92 Å². The summed E-state index contributed by atoms with van der Waals surface area (Å²) in [4.78, 5) is 32.5. The van der Waals surface area contributed by atoms with Gasteiger partial charge in [-0.05, 0) is 37.5 Å². The smallest absolute Gasteiger partial charge is 0.254 e. The molecule has 0 saturated heterocycles. The van der Waals surface area contributed by atoms with Gasteiger partial charge in [-0.1, -0.05) is 24.3 Å². The highest BCUT2D eigenvalue weighted by molar-refractivity contribution is 6.15. The number of hydrogen-bond donors (Lipinski definition) is 2. The third-order valence-corrected chi connectivity index (χ3v) is 5.24. The quantitative estimate of drug-likeness (QED) is 0.693. The third-order valence-electron chi connectivity index (χ3n) is 5.24. The summed E-state index contributed by atoms with van der Waals surface area (Å²) in [5.74, 6) is -0.361. The van der Waals surface area contributed by atoms with Gasteiger partial charge in [0.2, 0.25) is 0 Å². The van der Waals surface area contributed by atoms with E-state index < -0.39 is 0 Å². The Hall–Kier alpha value is -2.95. The minimum atomic E-state index is -0.215. The molecule has 0 radical (unpaired) electrons. The van der Waals surface area contributed by atoms with E-state index in [0.29, 0.717) is 17.8 Å². The van der Waals surface area contributed by atoms with Gasteiger partial charge in [-0.25, -0.2) is 0 Å². The molecule has 3 aromatic rings. The van der Waals surface area contributed by atoms with Crippen molar-refractivity contribution in [3.05, 3.63) is 65.1 Å². The molecule has 0 spiro atoms. The number of aryl methyl sites for hydroxylation is 1. The number of aromatic nitrogens is 2. The Labute approximate surface area is 151 Å². The second kappa shape index (κ2) is 6.09. The highest BCUT2D eigenvalue weighted by atomic mass is 16.2. The number of benzene rings is 1. The molecule has 0 unspecified atom stereocenters. The Balaban J connectivity index is 1.62. The van der Waals surface area contributed by atoms with Gasteiger partial charge in [-0.3, -0.25) is 14.6 Å². The maximum Gasteiger partial charge on any atom is 0.254 e. The lowest BCUT2D eigenvalue weighted by Crippen LogP contribution is -2.33. The van der Waals surface area contributed by atoms with Crippen LogP contribution in [-0.2, 0) is 5.41 Å². The lowest BCUT2D eigenvalue weighted by atomic mass is 9.97. The predicted molar refractivity (Wildman–Crippen MR) is 101 cm³/mol. The van der Waals surface area contributed by atoms with Crippen molar-refractivity contribution in [2.75, 3.05) is 6.54 Å². The third kappa shape index (κ3) is 2.69. The fourth-order valence-corrected chi connectivity index (χ4v) is 3.67. The molecule has 2 N–H and O–H groups in total. The van der Waals surface area contributed by atoms with Crippen LogP contribution in [-0.4, -0.2) is 28.2 Å². The number of rotatable bonds is 5. The first kappa shape index (κ1) is 16.5. The molecule has 1 saturated carbocycles. The second-order valence-corrected chi connectivity index (χ2v) is 7.11. The SMILES string of the molecule is CC(=O)c1[nH]c2ccccc2c1C(=O)NCC1(c2ncccc2C)CC1. The van der Waals surface area contributed by atoms with Gasteiger partial charge < -0.3 is 10.3 Å². The molecule has 0 bridgehead atoms. The van der Waals surface area contributed by atoms with E-state index in [1.54, 1.807) is 6.20 Å². The number of nitrogens with one attached hydrogen (secondary N) is 2. The zero-order valence-corrected chi connectivity index (χ0v) is 14.9. The number of ketones is 1. The molecule has 0 aliphatic heterocycles. The highest BCUT2D eigenvalue weighted by Crippen LogP contribution is 2.47. The van der Waals surface area contributed by atoms with Crippen LogP contribution in [0.3, 0.4) is 0 Å². The van der Waals surface area contributed by atoms with Crippen molar-refractivity contribution in [2.24, 2.45) is 0 Å². The molecule has 4 rings (SSSR count). The predicted octanol–water partition coefficient (Wildman–Crippen LogP) is 3.54. The second-order valence-electron chi connectivity index (χ2n) is 7.11. The number of carbonyl (C=O) groups excluding carboxylic acids is 2. The van der Waals surface area contributed by atoms with E-state index in [2.05, 4.69) is 28.3 Å². The van der Waals surface area contributed by atoms with Crippen LogP contribution in [0.15, 0.2) is 42.6 Å². The van der Waals surface area contributed by atoms with Gasteiger partial charge >= 0.3 is 0 Å². The van der Waals surface area contributed by atoms with E-state index in [9.17, 15) is 9.59 Å². The maximum absolute atomic E-state index is 12.9. The number of amides is 1. The fourth-order valence-electron chi connectivity index (χ4n) is 3.67. The maximum atomic E-state index is 12.9. The van der Waals surface area contributed by atoms with Gasteiger partial charge in [-0.15, -0.1) is 0 Å². The Bertz CT molecular complexity index is 1020. The van der Waals surface area contributed by atoms with Crippen molar-refractivity contribution in [3.8, 4) is 0 Å². The van der Waals surface area contributed by atoms with Crippen molar-refractivity contribution >= 4 is 22.6 Å². The molecule has 1 aliphatic carbocycles. The monoisotopic (exact) mass is 347 g/mol. The number of para-hydroxylation sites is 1. The summed E-state index contributed by atoms with van der Waals surface area (Å²) in [5, 5.41) is 3.82. The van der Waals surface area contributed by atoms with E-state index in [4.69, 9.17) is 0 Å². The number of fused-ring (bicyclic) bond motifs is 1. The van der Waals surface area contributed by atoms with Gasteiger partial charge in [0.15, 0.2) is 5.78 Å². The summed E-state index contributed by atoms with van der Waals surface area (Å²) in [6, 6.07) is 11.5. The van der Waals surface area contributed by atoms with Gasteiger partial charge in [0.1, 0.15) is 0 Å². The Morgan fingerprint density at radius 2 is 1.96 bits per heavy atom. The molecule has 132 valence electrons. The minimum absolute atomic E-state index is 0.0799. The van der Waals surface area contributed by atoms with Gasteiger partial charge in [0, 0.05) is 36.0 Å². The largest absolute Gasteiger partial charge is 0.351 e. The number of carbonyl (C=O) groups is 2. The Morgan fingerprint density at radius 3 is 2.65 bits per heavy atom. The lowest BCUT2D eigenvalue weighted by Gasteiger charge is -2.17. The molecule has 1 amide bonds. The molecular formula is C21H21N3O2. The summed E-state index contributed by atoms with van der Waals surface area (Å²) in [6.45, 7) is 4.05. The van der Waals surface area contributed by atoms with Gasteiger partial charge in [0.05, 0.1) is 17.0 Å². The van der Waals surface area contributed by atoms with Gasteiger partial charge in [0.25, 0.3) is 5.91 Å². The standard InChI is InChI=1S/C21H21N3O2/c1-13-6-5-11-22-19(13)21(9-10-21)12-23-20(26)17-15-7-3-4-8-16(15)24-18(17)14(2)25/h3-8,11,24H,9-10,12H2,1-2H3,(H,23,26). The zero-order chi connectivity index (χ0) is 18.3. The Kier molecular flexibility index (Phi) is 3.87. The summed E-state index contributed by atoms with van der Waals surface area (Å²) in [7, 11) is 0. The van der Waals surface area contributed by atoms with Crippen LogP contribution >= 0.6 is 0 Å². The van der Waals surface area contributed by atoms with E-state index in [0.717, 1.165) is 35.0 Å². The van der Waals surface area contributed by atoms with Crippen molar-refractivity contribution < 1.29 is 9.59 Å². The summed E-state index contributed by atoms with van der Waals surface area (Å²) in [5.41, 5.74) is 3.72. The van der Waals surface area contributed by atoms with Crippen molar-refractivity contribution in [1.29, 1.82) is 0 Å².